The van der Waals surface area contributed by atoms with Gasteiger partial charge in [0.05, 0.1) is 18.8 Å². The highest BCUT2D eigenvalue weighted by molar-refractivity contribution is 9.12. The van der Waals surface area contributed by atoms with E-state index >= 15 is 0 Å². The number of amides is 2. The van der Waals surface area contributed by atoms with Crippen molar-refractivity contribution in [2.75, 3.05) is 19.6 Å². The fraction of sp³-hybridized carbons (Fsp3) is 0.579. The largest absolute Gasteiger partial charge is 0.372 e. The van der Waals surface area contributed by atoms with Gasteiger partial charge in [-0.05, 0) is 47.0 Å². The number of nitrogens with zero attached hydrogens (tertiary/aromatic N) is 1. The monoisotopic (exact) mass is 455 g/mol. The van der Waals surface area contributed by atoms with Gasteiger partial charge in [-0.3, -0.25) is 14.5 Å². The Hall–Kier alpha value is -1.40. The van der Waals surface area contributed by atoms with E-state index in [1.54, 1.807) is 11.3 Å². The fourth-order valence-corrected chi connectivity index (χ4v) is 3.92. The number of rotatable bonds is 8. The molecule has 1 aliphatic rings. The van der Waals surface area contributed by atoms with Crippen LogP contribution in [0.1, 0.15) is 32.3 Å². The van der Waals surface area contributed by atoms with Gasteiger partial charge in [-0.2, -0.15) is 11.3 Å². The third kappa shape index (κ3) is 7.62. The van der Waals surface area contributed by atoms with Crippen LogP contribution in [-0.2, 0) is 20.9 Å². The Labute approximate surface area is 173 Å². The summed E-state index contributed by atoms with van der Waals surface area (Å²) in [6, 6.07) is 1.43. The number of piperidine rings is 1. The molecule has 27 heavy (non-hydrogen) atoms. The summed E-state index contributed by atoms with van der Waals surface area (Å²) >= 11 is 4.70. The number of hydrogen-bond acceptors (Lipinski definition) is 5. The first-order valence-corrected chi connectivity index (χ1v) is 10.8. The standard InChI is InChI=1S/C19H26BrN3O3S/c1-14(18(22-15(2)24)19(25)21-8-3-7-20)26-17-4-9-23(10-5-17)12-16-6-11-27-13-16/h6,11,13-14,17-18H,4-5,8-10,12H2,1-2H3,(H,21,25)(H,22,24)/t14-,18+/m1/s1. The fourth-order valence-electron chi connectivity index (χ4n) is 3.12. The van der Waals surface area contributed by atoms with Crippen LogP contribution >= 0.6 is 27.3 Å². The van der Waals surface area contributed by atoms with Crippen LogP contribution in [0.15, 0.2) is 16.8 Å². The molecule has 0 aliphatic carbocycles. The summed E-state index contributed by atoms with van der Waals surface area (Å²) < 4.78 is 6.12. The number of carbonyl (C=O) groups is 2. The van der Waals surface area contributed by atoms with E-state index in [1.807, 2.05) is 6.92 Å². The van der Waals surface area contributed by atoms with E-state index in [0.29, 0.717) is 0 Å². The van der Waals surface area contributed by atoms with E-state index < -0.39 is 12.1 Å². The molecular weight excluding hydrogens is 430 g/mol. The second-order valence-electron chi connectivity index (χ2n) is 6.62. The van der Waals surface area contributed by atoms with E-state index in [9.17, 15) is 9.59 Å². The Morgan fingerprint density at radius 1 is 1.44 bits per heavy atom. The minimum absolute atomic E-state index is 0.0881. The molecule has 6 nitrogen and oxygen atoms in total. The summed E-state index contributed by atoms with van der Waals surface area (Å²) in [6.07, 6.45) is 1.50. The summed E-state index contributed by atoms with van der Waals surface area (Å²) in [6.45, 7) is 6.34. The summed E-state index contributed by atoms with van der Waals surface area (Å²) in [5.41, 5.74) is 1.35. The predicted octanol–water partition coefficient (Wildman–Crippen LogP) is 2.09. The third-order valence-corrected chi connectivity index (χ3v) is 5.47. The van der Waals surface area contributed by atoms with Crippen molar-refractivity contribution in [1.29, 1.82) is 0 Å². The molecule has 1 saturated heterocycles. The number of hydrogen-bond donors (Lipinski definition) is 2. The Balaban J connectivity index is 1.83. The van der Waals surface area contributed by atoms with Gasteiger partial charge >= 0.3 is 0 Å². The number of carbonyl (C=O) groups excluding carboxylic acids is 2. The maximum Gasteiger partial charge on any atom is 0.246 e. The highest BCUT2D eigenvalue weighted by atomic mass is 79.9. The zero-order chi connectivity index (χ0) is 19.6. The van der Waals surface area contributed by atoms with Crippen molar-refractivity contribution in [3.05, 3.63) is 22.4 Å². The molecule has 1 fully saturated rings. The normalized spacial score (nSPS) is 17.4. The Bertz CT molecular complexity index is 663. The SMILES string of the molecule is CC(=O)N[C@H](C(=O)NCC#CBr)[C@@H](C)OC1CCN(Cc2ccsc2)CC1. The van der Waals surface area contributed by atoms with E-state index in [-0.39, 0.29) is 24.5 Å². The molecule has 2 amide bonds. The maximum atomic E-state index is 12.4. The van der Waals surface area contributed by atoms with Gasteiger partial charge in [0.2, 0.25) is 11.8 Å². The molecule has 0 unspecified atom stereocenters. The van der Waals surface area contributed by atoms with E-state index in [0.717, 1.165) is 32.5 Å². The molecule has 0 saturated carbocycles. The number of likely N-dealkylation sites (tertiary alicyclic amines) is 1. The second kappa shape index (κ2) is 11.4. The van der Waals surface area contributed by atoms with Crippen molar-refractivity contribution in [2.45, 2.75) is 51.5 Å². The van der Waals surface area contributed by atoms with Gasteiger partial charge in [0.15, 0.2) is 0 Å². The number of nitrogens with one attached hydrogen (secondary N) is 2. The lowest BCUT2D eigenvalue weighted by atomic mass is 10.1. The average Bonchev–Trinajstić information content (AvgIpc) is 3.14. The Morgan fingerprint density at radius 2 is 2.19 bits per heavy atom. The quantitative estimate of drug-likeness (QED) is 0.588. The minimum atomic E-state index is -0.733. The van der Waals surface area contributed by atoms with E-state index in [2.05, 4.69) is 59.0 Å². The van der Waals surface area contributed by atoms with Crippen LogP contribution in [0.3, 0.4) is 0 Å². The molecule has 0 spiro atoms. The van der Waals surface area contributed by atoms with Gasteiger partial charge in [-0.15, -0.1) is 0 Å². The van der Waals surface area contributed by atoms with Crippen LogP contribution in [0.25, 0.3) is 0 Å². The highest BCUT2D eigenvalue weighted by Gasteiger charge is 2.30. The van der Waals surface area contributed by atoms with Gasteiger partial charge < -0.3 is 15.4 Å². The lowest BCUT2D eigenvalue weighted by molar-refractivity contribution is -0.134. The van der Waals surface area contributed by atoms with Crippen molar-refractivity contribution in [2.24, 2.45) is 0 Å². The van der Waals surface area contributed by atoms with Crippen molar-refractivity contribution < 1.29 is 14.3 Å². The van der Waals surface area contributed by atoms with Gasteiger partial charge in [0.1, 0.15) is 6.04 Å². The molecule has 1 aliphatic heterocycles. The van der Waals surface area contributed by atoms with Crippen molar-refractivity contribution in [3.8, 4) is 10.8 Å². The highest BCUT2D eigenvalue weighted by Crippen LogP contribution is 2.19. The maximum absolute atomic E-state index is 12.4. The first-order valence-electron chi connectivity index (χ1n) is 9.01. The van der Waals surface area contributed by atoms with Crippen molar-refractivity contribution in [1.82, 2.24) is 15.5 Å². The molecule has 2 atom stereocenters. The number of halogens is 1. The molecule has 1 aromatic heterocycles. The summed E-state index contributed by atoms with van der Waals surface area (Å²) in [5, 5.41) is 9.67. The second-order valence-corrected chi connectivity index (χ2v) is 7.79. The molecule has 0 radical (unpaired) electrons. The first-order chi connectivity index (χ1) is 13.0. The third-order valence-electron chi connectivity index (χ3n) is 4.46. The molecule has 2 heterocycles. The molecule has 0 bridgehead atoms. The van der Waals surface area contributed by atoms with Crippen molar-refractivity contribution >= 4 is 39.1 Å². The van der Waals surface area contributed by atoms with Crippen LogP contribution in [-0.4, -0.2) is 54.6 Å². The predicted molar refractivity (Wildman–Crippen MR) is 110 cm³/mol. The zero-order valence-corrected chi connectivity index (χ0v) is 18.1. The minimum Gasteiger partial charge on any atom is -0.372 e. The molecule has 0 aromatic carbocycles. The Morgan fingerprint density at radius 3 is 2.78 bits per heavy atom. The molecular formula is C19H26BrN3O3S. The molecule has 148 valence electrons. The van der Waals surface area contributed by atoms with Crippen LogP contribution in [0.5, 0.6) is 0 Å². The zero-order valence-electron chi connectivity index (χ0n) is 15.7. The summed E-state index contributed by atoms with van der Waals surface area (Å²) in [4.78, 5) is 28.8. The van der Waals surface area contributed by atoms with Gasteiger partial charge in [0, 0.05) is 42.5 Å². The lowest BCUT2D eigenvalue weighted by Gasteiger charge is -2.34. The van der Waals surface area contributed by atoms with E-state index in [1.165, 1.54) is 12.5 Å². The van der Waals surface area contributed by atoms with E-state index in [4.69, 9.17) is 4.74 Å². The van der Waals surface area contributed by atoms with Crippen LogP contribution in [0.4, 0.5) is 0 Å². The van der Waals surface area contributed by atoms with Crippen LogP contribution < -0.4 is 10.6 Å². The van der Waals surface area contributed by atoms with Gasteiger partial charge in [-0.25, -0.2) is 0 Å². The summed E-state index contributed by atoms with van der Waals surface area (Å²) in [5.74, 6) is 2.16. The number of thiophene rings is 1. The summed E-state index contributed by atoms with van der Waals surface area (Å²) in [7, 11) is 0. The Kier molecular flexibility index (Phi) is 9.28. The first kappa shape index (κ1) is 21.9. The molecule has 8 heteroatoms. The smallest absolute Gasteiger partial charge is 0.246 e. The van der Waals surface area contributed by atoms with Crippen LogP contribution in [0.2, 0.25) is 0 Å². The van der Waals surface area contributed by atoms with Gasteiger partial charge in [0.25, 0.3) is 0 Å². The molecule has 1 aromatic rings. The molecule has 2 rings (SSSR count). The van der Waals surface area contributed by atoms with Gasteiger partial charge in [-0.1, -0.05) is 5.92 Å². The molecule has 2 N–H and O–H groups in total. The van der Waals surface area contributed by atoms with Crippen LogP contribution in [0, 0.1) is 10.8 Å². The lowest BCUT2D eigenvalue weighted by Crippen LogP contribution is -2.54. The van der Waals surface area contributed by atoms with Crippen molar-refractivity contribution in [3.63, 3.8) is 0 Å². The average molecular weight is 456 g/mol. The topological polar surface area (TPSA) is 70.7 Å². The number of ether oxygens (including phenoxy) is 1.